The van der Waals surface area contributed by atoms with Gasteiger partial charge in [-0.3, -0.25) is 4.99 Å². The first-order valence-corrected chi connectivity index (χ1v) is 8.98. The first kappa shape index (κ1) is 17.4. The van der Waals surface area contributed by atoms with Gasteiger partial charge in [-0.25, -0.2) is 9.37 Å². The van der Waals surface area contributed by atoms with Crippen molar-refractivity contribution < 1.29 is 8.81 Å². The van der Waals surface area contributed by atoms with Crippen LogP contribution in [0.3, 0.4) is 0 Å². The number of hydrogen-bond donors (Lipinski definition) is 2. The number of fused-ring (bicyclic) bond motifs is 1. The smallest absolute Gasteiger partial charge is 0.191 e. The van der Waals surface area contributed by atoms with E-state index in [9.17, 15) is 4.39 Å². The summed E-state index contributed by atoms with van der Waals surface area (Å²) in [6.45, 7) is 5.16. The lowest BCUT2D eigenvalue weighted by Crippen LogP contribution is -2.37. The Morgan fingerprint density at radius 3 is 2.88 bits per heavy atom. The molecule has 7 heteroatoms. The summed E-state index contributed by atoms with van der Waals surface area (Å²) in [5.74, 6) is 1.21. The maximum atomic E-state index is 13.4. The van der Waals surface area contributed by atoms with Crippen molar-refractivity contribution in [3.05, 3.63) is 51.4 Å². The summed E-state index contributed by atoms with van der Waals surface area (Å²) in [6.07, 6.45) is 0.841. The Bertz CT molecular complexity index is 900. The number of thiazole rings is 1. The minimum atomic E-state index is -0.259. The number of rotatable bonds is 5. The van der Waals surface area contributed by atoms with E-state index in [0.717, 1.165) is 40.4 Å². The van der Waals surface area contributed by atoms with Crippen molar-refractivity contribution in [2.24, 2.45) is 4.99 Å². The Hall–Kier alpha value is -2.41. The van der Waals surface area contributed by atoms with Crippen LogP contribution in [0.15, 0.2) is 33.0 Å². The molecule has 0 aliphatic carbocycles. The standard InChI is InChI=1S/C18H21FN4OS/c1-11-15-8-13(19)4-5-16(15)24-17(11)9-22-18(20-3)21-7-6-14-10-25-12(2)23-14/h4-5,8,10H,6-7,9H2,1-3H3,(H2,20,21,22). The number of furan rings is 1. The maximum Gasteiger partial charge on any atom is 0.191 e. The van der Waals surface area contributed by atoms with Crippen molar-refractivity contribution in [2.45, 2.75) is 26.8 Å². The molecule has 25 heavy (non-hydrogen) atoms. The Kier molecular flexibility index (Phi) is 5.33. The lowest BCUT2D eigenvalue weighted by molar-refractivity contribution is 0.534. The molecule has 0 spiro atoms. The SMILES string of the molecule is CN=C(NCCc1csc(C)n1)NCc1oc2ccc(F)cc2c1C. The van der Waals surface area contributed by atoms with Crippen LogP contribution in [0.25, 0.3) is 11.0 Å². The molecule has 0 unspecified atom stereocenters. The molecule has 0 atom stereocenters. The molecule has 3 aromatic rings. The van der Waals surface area contributed by atoms with Gasteiger partial charge in [-0.1, -0.05) is 0 Å². The van der Waals surface area contributed by atoms with Crippen molar-refractivity contribution in [3.8, 4) is 0 Å². The monoisotopic (exact) mass is 360 g/mol. The summed E-state index contributed by atoms with van der Waals surface area (Å²) in [5, 5.41) is 10.4. The van der Waals surface area contributed by atoms with E-state index in [1.54, 1.807) is 24.5 Å². The summed E-state index contributed by atoms with van der Waals surface area (Å²) in [4.78, 5) is 8.65. The minimum absolute atomic E-state index is 0.259. The van der Waals surface area contributed by atoms with Gasteiger partial charge in [-0.05, 0) is 32.0 Å². The van der Waals surface area contributed by atoms with E-state index < -0.39 is 0 Å². The van der Waals surface area contributed by atoms with Crippen LogP contribution >= 0.6 is 11.3 Å². The lowest BCUT2D eigenvalue weighted by Gasteiger charge is -2.10. The molecule has 0 aliphatic rings. The predicted molar refractivity (Wildman–Crippen MR) is 99.7 cm³/mol. The van der Waals surface area contributed by atoms with Gasteiger partial charge in [0, 0.05) is 36.3 Å². The molecule has 0 amide bonds. The summed E-state index contributed by atoms with van der Waals surface area (Å²) >= 11 is 1.66. The average Bonchev–Trinajstić information content (AvgIpc) is 3.15. The van der Waals surface area contributed by atoms with E-state index >= 15 is 0 Å². The number of hydrogen-bond acceptors (Lipinski definition) is 4. The van der Waals surface area contributed by atoms with Crippen LogP contribution in [0, 0.1) is 19.7 Å². The van der Waals surface area contributed by atoms with Crippen LogP contribution < -0.4 is 10.6 Å². The van der Waals surface area contributed by atoms with Crippen LogP contribution in [0.4, 0.5) is 4.39 Å². The Morgan fingerprint density at radius 1 is 1.32 bits per heavy atom. The summed E-state index contributed by atoms with van der Waals surface area (Å²) < 4.78 is 19.2. The van der Waals surface area contributed by atoms with Crippen LogP contribution in [0.2, 0.25) is 0 Å². The number of aliphatic imine (C=N–C) groups is 1. The highest BCUT2D eigenvalue weighted by atomic mass is 32.1. The van der Waals surface area contributed by atoms with E-state index in [1.807, 2.05) is 13.8 Å². The number of benzene rings is 1. The topological polar surface area (TPSA) is 62.5 Å². The molecule has 3 rings (SSSR count). The van der Waals surface area contributed by atoms with Gasteiger partial charge >= 0.3 is 0 Å². The molecule has 0 bridgehead atoms. The number of nitrogens with one attached hydrogen (secondary N) is 2. The Balaban J connectivity index is 1.57. The number of guanidine groups is 1. The molecule has 1 aromatic carbocycles. The van der Waals surface area contributed by atoms with Gasteiger partial charge in [-0.2, -0.15) is 0 Å². The van der Waals surface area contributed by atoms with Crippen LogP contribution in [-0.4, -0.2) is 24.5 Å². The van der Waals surface area contributed by atoms with Gasteiger partial charge < -0.3 is 15.1 Å². The highest BCUT2D eigenvalue weighted by Crippen LogP contribution is 2.25. The summed E-state index contributed by atoms with van der Waals surface area (Å²) in [5.41, 5.74) is 2.72. The van der Waals surface area contributed by atoms with Crippen molar-refractivity contribution in [1.29, 1.82) is 0 Å². The Morgan fingerprint density at radius 2 is 2.16 bits per heavy atom. The molecule has 0 saturated carbocycles. The quantitative estimate of drug-likeness (QED) is 0.539. The number of aromatic nitrogens is 1. The van der Waals surface area contributed by atoms with Gasteiger partial charge in [-0.15, -0.1) is 11.3 Å². The van der Waals surface area contributed by atoms with Crippen LogP contribution in [-0.2, 0) is 13.0 Å². The highest BCUT2D eigenvalue weighted by molar-refractivity contribution is 7.09. The van der Waals surface area contributed by atoms with Crippen LogP contribution in [0.1, 0.15) is 22.0 Å². The first-order chi connectivity index (χ1) is 12.1. The molecule has 2 N–H and O–H groups in total. The number of aryl methyl sites for hydroxylation is 2. The highest BCUT2D eigenvalue weighted by Gasteiger charge is 2.11. The fourth-order valence-corrected chi connectivity index (χ4v) is 3.28. The fourth-order valence-electron chi connectivity index (χ4n) is 2.63. The predicted octanol–water partition coefficient (Wildman–Crippen LogP) is 3.55. The van der Waals surface area contributed by atoms with Gasteiger partial charge in [0.25, 0.3) is 0 Å². The van der Waals surface area contributed by atoms with Gasteiger partial charge in [0.2, 0.25) is 0 Å². The van der Waals surface area contributed by atoms with E-state index in [-0.39, 0.29) is 5.82 Å². The molecule has 0 fully saturated rings. The van der Waals surface area contributed by atoms with Crippen LogP contribution in [0.5, 0.6) is 0 Å². The zero-order valence-corrected chi connectivity index (χ0v) is 15.3. The zero-order chi connectivity index (χ0) is 17.8. The molecule has 0 aliphatic heterocycles. The van der Waals surface area contributed by atoms with Crippen molar-refractivity contribution in [3.63, 3.8) is 0 Å². The third kappa shape index (κ3) is 4.17. The number of nitrogens with zero attached hydrogens (tertiary/aromatic N) is 2. The lowest BCUT2D eigenvalue weighted by atomic mass is 10.1. The van der Waals surface area contributed by atoms with Gasteiger partial charge in [0.05, 0.1) is 17.2 Å². The van der Waals surface area contributed by atoms with E-state index in [1.165, 1.54) is 12.1 Å². The second kappa shape index (κ2) is 7.65. The summed E-state index contributed by atoms with van der Waals surface area (Å²) in [6, 6.07) is 4.56. The van der Waals surface area contributed by atoms with Crippen molar-refractivity contribution in [2.75, 3.05) is 13.6 Å². The second-order valence-electron chi connectivity index (χ2n) is 5.75. The molecule has 2 heterocycles. The van der Waals surface area contributed by atoms with Gasteiger partial charge in [0.1, 0.15) is 17.2 Å². The molecule has 5 nitrogen and oxygen atoms in total. The molecule has 132 valence electrons. The van der Waals surface area contributed by atoms with Crippen molar-refractivity contribution >= 4 is 28.3 Å². The third-order valence-corrected chi connectivity index (χ3v) is 4.80. The summed E-state index contributed by atoms with van der Waals surface area (Å²) in [7, 11) is 1.73. The molecular weight excluding hydrogens is 339 g/mol. The van der Waals surface area contributed by atoms with Gasteiger partial charge in [0.15, 0.2) is 5.96 Å². The Labute approximate surface area is 150 Å². The fraction of sp³-hybridized carbons (Fsp3) is 0.333. The average molecular weight is 360 g/mol. The van der Waals surface area contributed by atoms with Crippen molar-refractivity contribution in [1.82, 2.24) is 15.6 Å². The van der Waals surface area contributed by atoms with E-state index in [0.29, 0.717) is 18.1 Å². The van der Waals surface area contributed by atoms with E-state index in [2.05, 4.69) is 26.0 Å². The molecule has 2 aromatic heterocycles. The van der Waals surface area contributed by atoms with E-state index in [4.69, 9.17) is 4.42 Å². The zero-order valence-electron chi connectivity index (χ0n) is 14.5. The minimum Gasteiger partial charge on any atom is -0.459 e. The normalized spacial score (nSPS) is 11.9. The number of halogens is 1. The maximum absolute atomic E-state index is 13.4. The molecular formula is C18H21FN4OS. The third-order valence-electron chi connectivity index (χ3n) is 3.98. The largest absolute Gasteiger partial charge is 0.459 e. The second-order valence-corrected chi connectivity index (χ2v) is 6.81. The molecule has 0 saturated heterocycles. The molecule has 0 radical (unpaired) electrons. The first-order valence-electron chi connectivity index (χ1n) is 8.10.